The van der Waals surface area contributed by atoms with E-state index < -0.39 is 16.0 Å². The first-order valence-corrected chi connectivity index (χ1v) is 6.74. The Morgan fingerprint density at radius 3 is 2.39 bits per heavy atom. The molecule has 0 amide bonds. The average Bonchev–Trinajstić information content (AvgIpc) is 2.18. The van der Waals surface area contributed by atoms with E-state index in [9.17, 15) is 13.2 Å². The van der Waals surface area contributed by atoms with Gasteiger partial charge in [-0.05, 0) is 24.6 Å². The van der Waals surface area contributed by atoms with Crippen molar-refractivity contribution in [3.63, 3.8) is 0 Å². The largest absolute Gasteiger partial charge is 0.478 e. The SMILES string of the molecule is Cc1c(C(=O)O)cc(Cl)cc1S(=O)(=O)NN(C)C. The molecule has 0 aliphatic carbocycles. The molecule has 0 aromatic heterocycles. The summed E-state index contributed by atoms with van der Waals surface area (Å²) in [7, 11) is -0.822. The van der Waals surface area contributed by atoms with Crippen molar-refractivity contribution < 1.29 is 18.3 Å². The minimum Gasteiger partial charge on any atom is -0.478 e. The van der Waals surface area contributed by atoms with Gasteiger partial charge in [0.25, 0.3) is 10.0 Å². The van der Waals surface area contributed by atoms with Gasteiger partial charge in [-0.2, -0.15) is 0 Å². The van der Waals surface area contributed by atoms with Crippen molar-refractivity contribution in [2.75, 3.05) is 14.1 Å². The van der Waals surface area contributed by atoms with Crippen LogP contribution in [0, 0.1) is 6.92 Å². The Kier molecular flexibility index (Phi) is 4.33. The molecule has 18 heavy (non-hydrogen) atoms. The number of hydrogen-bond acceptors (Lipinski definition) is 4. The maximum absolute atomic E-state index is 12.0. The quantitative estimate of drug-likeness (QED) is 0.812. The van der Waals surface area contributed by atoms with Gasteiger partial charge in [-0.1, -0.05) is 11.6 Å². The first kappa shape index (κ1) is 14.9. The van der Waals surface area contributed by atoms with Crippen LogP contribution in [0.2, 0.25) is 5.02 Å². The van der Waals surface area contributed by atoms with Gasteiger partial charge in [-0.15, -0.1) is 4.83 Å². The van der Waals surface area contributed by atoms with Crippen LogP contribution < -0.4 is 4.83 Å². The van der Waals surface area contributed by atoms with Crippen LogP contribution in [0.15, 0.2) is 17.0 Å². The number of aromatic carboxylic acids is 1. The van der Waals surface area contributed by atoms with E-state index in [1.54, 1.807) is 0 Å². The van der Waals surface area contributed by atoms with Gasteiger partial charge < -0.3 is 5.11 Å². The van der Waals surface area contributed by atoms with E-state index in [0.717, 1.165) is 0 Å². The van der Waals surface area contributed by atoms with Crippen LogP contribution in [0.25, 0.3) is 0 Å². The Labute approximate surface area is 110 Å². The first-order chi connectivity index (χ1) is 8.15. The summed E-state index contributed by atoms with van der Waals surface area (Å²) in [5.41, 5.74) is 0.00267. The molecule has 0 radical (unpaired) electrons. The monoisotopic (exact) mass is 292 g/mol. The number of hydrogen-bond donors (Lipinski definition) is 2. The van der Waals surface area contributed by atoms with Crippen molar-refractivity contribution in [2.45, 2.75) is 11.8 Å². The lowest BCUT2D eigenvalue weighted by Crippen LogP contribution is -2.36. The van der Waals surface area contributed by atoms with Gasteiger partial charge in [0.05, 0.1) is 10.5 Å². The molecule has 0 bridgehead atoms. The van der Waals surface area contributed by atoms with Crippen molar-refractivity contribution in [1.29, 1.82) is 0 Å². The molecule has 2 N–H and O–H groups in total. The smallest absolute Gasteiger partial charge is 0.336 e. The molecule has 0 saturated heterocycles. The zero-order valence-corrected chi connectivity index (χ0v) is 11.6. The fraction of sp³-hybridized carbons (Fsp3) is 0.300. The van der Waals surface area contributed by atoms with Gasteiger partial charge in [0.2, 0.25) is 0 Å². The molecule has 0 heterocycles. The second kappa shape index (κ2) is 5.23. The molecule has 0 atom stereocenters. The molecule has 100 valence electrons. The van der Waals surface area contributed by atoms with Crippen LogP contribution in [0.4, 0.5) is 0 Å². The van der Waals surface area contributed by atoms with Gasteiger partial charge in [-0.3, -0.25) is 0 Å². The predicted molar refractivity (Wildman–Crippen MR) is 67.2 cm³/mol. The van der Waals surface area contributed by atoms with Gasteiger partial charge >= 0.3 is 5.97 Å². The number of hydrazine groups is 1. The van der Waals surface area contributed by atoms with E-state index in [2.05, 4.69) is 4.83 Å². The molecule has 8 heteroatoms. The number of nitrogens with one attached hydrogen (secondary N) is 1. The fourth-order valence-electron chi connectivity index (χ4n) is 1.44. The van der Waals surface area contributed by atoms with Crippen LogP contribution in [-0.4, -0.2) is 38.6 Å². The van der Waals surface area contributed by atoms with E-state index in [4.69, 9.17) is 16.7 Å². The second-order valence-electron chi connectivity index (χ2n) is 3.87. The van der Waals surface area contributed by atoms with Crippen molar-refractivity contribution in [3.05, 3.63) is 28.3 Å². The van der Waals surface area contributed by atoms with Gasteiger partial charge in [0.1, 0.15) is 0 Å². The highest BCUT2D eigenvalue weighted by Gasteiger charge is 2.22. The molecule has 0 spiro atoms. The van der Waals surface area contributed by atoms with Gasteiger partial charge in [-0.25, -0.2) is 18.2 Å². The van der Waals surface area contributed by atoms with E-state index in [0.29, 0.717) is 0 Å². The van der Waals surface area contributed by atoms with E-state index in [1.807, 2.05) is 0 Å². The summed E-state index contributed by atoms with van der Waals surface area (Å²) in [5, 5.41) is 10.3. The lowest BCUT2D eigenvalue weighted by atomic mass is 10.1. The molecular formula is C10H13ClN2O4S. The Hall–Kier alpha value is -1.15. The van der Waals surface area contributed by atoms with Crippen molar-refractivity contribution >= 4 is 27.6 Å². The highest BCUT2D eigenvalue weighted by molar-refractivity contribution is 7.89. The predicted octanol–water partition coefficient (Wildman–Crippen LogP) is 1.10. The maximum atomic E-state index is 12.0. The molecule has 0 fully saturated rings. The second-order valence-corrected chi connectivity index (χ2v) is 5.94. The Morgan fingerprint density at radius 2 is 1.94 bits per heavy atom. The molecule has 0 saturated carbocycles. The Balaban J connectivity index is 3.47. The highest BCUT2D eigenvalue weighted by atomic mass is 35.5. The van der Waals surface area contributed by atoms with Crippen molar-refractivity contribution in [2.24, 2.45) is 0 Å². The zero-order chi connectivity index (χ0) is 14.1. The summed E-state index contributed by atoms with van der Waals surface area (Å²) in [6.45, 7) is 1.42. The number of nitrogens with zero attached hydrogens (tertiary/aromatic N) is 1. The van der Waals surface area contributed by atoms with Gasteiger partial charge in [0.15, 0.2) is 0 Å². The standard InChI is InChI=1S/C10H13ClN2O4S/c1-6-8(10(14)15)4-7(11)5-9(6)18(16,17)12-13(2)3/h4-5,12H,1-3H3,(H,14,15). The molecule has 0 aliphatic heterocycles. The molecule has 1 aromatic carbocycles. The Bertz CT molecular complexity index is 584. The summed E-state index contributed by atoms with van der Waals surface area (Å²) >= 11 is 5.74. The minimum absolute atomic E-state index is 0.0529. The van der Waals surface area contributed by atoms with Crippen LogP contribution in [0.5, 0.6) is 0 Å². The van der Waals surface area contributed by atoms with Crippen LogP contribution in [0.3, 0.4) is 0 Å². The number of carboxylic acids is 1. The number of carbonyl (C=O) groups is 1. The summed E-state index contributed by atoms with van der Waals surface area (Å²) < 4.78 is 24.0. The third-order valence-electron chi connectivity index (χ3n) is 2.15. The normalized spacial score (nSPS) is 11.8. The summed E-state index contributed by atoms with van der Waals surface area (Å²) in [4.78, 5) is 13.1. The summed E-state index contributed by atoms with van der Waals surface area (Å²) in [6.07, 6.45) is 0. The van der Waals surface area contributed by atoms with Crippen molar-refractivity contribution in [3.8, 4) is 0 Å². The number of carboxylic acid groups (broad SMARTS) is 1. The summed E-state index contributed by atoms with van der Waals surface area (Å²) in [5.74, 6) is -1.23. The third kappa shape index (κ3) is 3.20. The van der Waals surface area contributed by atoms with Crippen LogP contribution >= 0.6 is 11.6 Å². The first-order valence-electron chi connectivity index (χ1n) is 4.88. The number of sulfonamides is 1. The fourth-order valence-corrected chi connectivity index (χ4v) is 3.10. The molecule has 1 aromatic rings. The molecular weight excluding hydrogens is 280 g/mol. The van der Waals surface area contributed by atoms with E-state index >= 15 is 0 Å². The lowest BCUT2D eigenvalue weighted by molar-refractivity contribution is 0.0696. The maximum Gasteiger partial charge on any atom is 0.336 e. The third-order valence-corrected chi connectivity index (χ3v) is 3.97. The molecule has 1 rings (SSSR count). The van der Waals surface area contributed by atoms with E-state index in [-0.39, 0.29) is 21.0 Å². The van der Waals surface area contributed by atoms with Crippen LogP contribution in [-0.2, 0) is 10.0 Å². The van der Waals surface area contributed by atoms with Crippen molar-refractivity contribution in [1.82, 2.24) is 9.84 Å². The Morgan fingerprint density at radius 1 is 1.39 bits per heavy atom. The van der Waals surface area contributed by atoms with Crippen LogP contribution in [0.1, 0.15) is 15.9 Å². The van der Waals surface area contributed by atoms with Gasteiger partial charge in [0, 0.05) is 19.1 Å². The lowest BCUT2D eigenvalue weighted by Gasteiger charge is -2.15. The molecule has 6 nitrogen and oxygen atoms in total. The summed E-state index contributed by atoms with van der Waals surface area (Å²) in [6, 6.07) is 2.43. The molecule has 0 unspecified atom stereocenters. The topological polar surface area (TPSA) is 86.7 Å². The molecule has 0 aliphatic rings. The number of halogens is 1. The zero-order valence-electron chi connectivity index (χ0n) is 10.1. The number of benzene rings is 1. The minimum atomic E-state index is -3.84. The highest BCUT2D eigenvalue weighted by Crippen LogP contribution is 2.24. The number of rotatable bonds is 4. The van der Waals surface area contributed by atoms with E-state index in [1.165, 1.54) is 38.2 Å². The average molecular weight is 293 g/mol.